The number of nitrogens with one attached hydrogen (secondary N) is 2. The average Bonchev–Trinajstić information content (AvgIpc) is 2.87. The van der Waals surface area contributed by atoms with Crippen LogP contribution in [0.5, 0.6) is 17.2 Å². The number of rotatable bonds is 8. The van der Waals surface area contributed by atoms with E-state index in [9.17, 15) is 14.4 Å². The summed E-state index contributed by atoms with van der Waals surface area (Å²) in [5.41, 5.74) is 2.31. The fourth-order valence-electron chi connectivity index (χ4n) is 3.43. The van der Waals surface area contributed by atoms with E-state index in [0.717, 1.165) is 6.08 Å². The maximum Gasteiger partial charge on any atom is 0.247 e. The van der Waals surface area contributed by atoms with Crippen molar-refractivity contribution >= 4 is 45.5 Å². The van der Waals surface area contributed by atoms with Gasteiger partial charge in [-0.15, -0.1) is 0 Å². The third-order valence-electron chi connectivity index (χ3n) is 5.08. The molecule has 0 aliphatic heterocycles. The molecule has 7 nitrogen and oxygen atoms in total. The fraction of sp³-hybridized carbons (Fsp3) is 0.0741. The van der Waals surface area contributed by atoms with Crippen molar-refractivity contribution in [2.75, 3.05) is 17.2 Å². The molecule has 9 heteroatoms. The highest BCUT2D eigenvalue weighted by Gasteiger charge is 2.16. The number of benzene rings is 3. The summed E-state index contributed by atoms with van der Waals surface area (Å²) in [5, 5.41) is 16.6. The van der Waals surface area contributed by atoms with E-state index in [2.05, 4.69) is 28.3 Å². The summed E-state index contributed by atoms with van der Waals surface area (Å²) < 4.78 is 24.6. The van der Waals surface area contributed by atoms with Crippen LogP contribution in [0.25, 0.3) is 10.9 Å². The van der Waals surface area contributed by atoms with Crippen molar-refractivity contribution in [1.29, 1.82) is 5.26 Å². The highest BCUT2D eigenvalue weighted by atomic mass is 35.5. The Kier molecular flexibility index (Phi) is 7.33. The monoisotopic (exact) mass is 502 g/mol. The van der Waals surface area contributed by atoms with Gasteiger partial charge in [-0.3, -0.25) is 9.78 Å². The minimum absolute atomic E-state index is 0.287. The van der Waals surface area contributed by atoms with Gasteiger partial charge >= 0.3 is 0 Å². The van der Waals surface area contributed by atoms with Crippen molar-refractivity contribution in [2.24, 2.45) is 0 Å². The number of nitrogens with zero attached hydrogens (tertiary/aromatic N) is 2. The number of amides is 1. The lowest BCUT2D eigenvalue weighted by Crippen LogP contribution is -2.09. The molecule has 0 fully saturated rings. The van der Waals surface area contributed by atoms with E-state index in [-0.39, 0.29) is 11.4 Å². The van der Waals surface area contributed by atoms with Crippen LogP contribution in [0.15, 0.2) is 73.4 Å². The van der Waals surface area contributed by atoms with E-state index in [1.54, 1.807) is 30.3 Å². The SMILES string of the molecule is C=CC(=O)Nc1cc2c(Nc3ccc(Oc4ccc(F)cc4)c(Cl)c3)c(C#N)cnc2cc1OCC. The third-order valence-corrected chi connectivity index (χ3v) is 5.37. The molecule has 0 radical (unpaired) electrons. The summed E-state index contributed by atoms with van der Waals surface area (Å²) in [6.45, 7) is 5.69. The molecule has 1 amide bonds. The summed E-state index contributed by atoms with van der Waals surface area (Å²) in [5.74, 6) is 0.479. The van der Waals surface area contributed by atoms with Gasteiger partial charge in [0.15, 0.2) is 0 Å². The molecule has 0 saturated carbocycles. The summed E-state index contributed by atoms with van der Waals surface area (Å²) in [4.78, 5) is 16.4. The molecular weight excluding hydrogens is 483 g/mol. The smallest absolute Gasteiger partial charge is 0.247 e. The number of pyridine rings is 1. The molecule has 0 unspecified atom stereocenters. The number of fused-ring (bicyclic) bond motifs is 1. The minimum Gasteiger partial charge on any atom is -0.492 e. The number of anilines is 3. The first-order valence-electron chi connectivity index (χ1n) is 10.8. The first-order valence-corrected chi connectivity index (χ1v) is 11.2. The number of nitriles is 1. The number of ether oxygens (including phenoxy) is 2. The van der Waals surface area contributed by atoms with Crippen LogP contribution in [0.1, 0.15) is 12.5 Å². The first-order chi connectivity index (χ1) is 17.4. The minimum atomic E-state index is -0.405. The lowest BCUT2D eigenvalue weighted by Gasteiger charge is -2.16. The Morgan fingerprint density at radius 2 is 1.97 bits per heavy atom. The molecule has 1 aromatic heterocycles. The number of carbonyl (C=O) groups excluding carboxylic acids is 1. The molecule has 0 saturated heterocycles. The topological polar surface area (TPSA) is 96.3 Å². The predicted octanol–water partition coefficient (Wildman–Crippen LogP) is 6.96. The van der Waals surface area contributed by atoms with E-state index >= 15 is 0 Å². The predicted molar refractivity (Wildman–Crippen MR) is 138 cm³/mol. The first kappa shape index (κ1) is 24.5. The number of hydrogen-bond acceptors (Lipinski definition) is 6. The van der Waals surface area contributed by atoms with E-state index in [1.165, 1.54) is 30.5 Å². The van der Waals surface area contributed by atoms with Crippen LogP contribution in [0.4, 0.5) is 21.5 Å². The van der Waals surface area contributed by atoms with Crippen molar-refractivity contribution in [3.05, 3.63) is 89.9 Å². The molecule has 0 bridgehead atoms. The second kappa shape index (κ2) is 10.8. The summed E-state index contributed by atoms with van der Waals surface area (Å²) in [7, 11) is 0. The molecule has 2 N–H and O–H groups in total. The van der Waals surface area contributed by atoms with Gasteiger partial charge in [-0.1, -0.05) is 18.2 Å². The zero-order valence-corrected chi connectivity index (χ0v) is 19.9. The van der Waals surface area contributed by atoms with E-state index in [4.69, 9.17) is 21.1 Å². The van der Waals surface area contributed by atoms with Gasteiger partial charge < -0.3 is 20.1 Å². The lowest BCUT2D eigenvalue weighted by atomic mass is 10.1. The standard InChI is InChI=1S/C27H20ClFN4O3/c1-3-26(34)33-23-12-20-22(13-25(23)35-4-2)31-15-16(14-30)27(20)32-18-7-10-24(21(28)11-18)36-19-8-5-17(29)6-9-19/h3,5-13,15H,1,4H2,2H3,(H,31,32)(H,33,34). The molecule has 0 atom stereocenters. The molecule has 4 aromatic rings. The second-order valence-corrected chi connectivity index (χ2v) is 7.88. The highest BCUT2D eigenvalue weighted by molar-refractivity contribution is 6.32. The maximum atomic E-state index is 13.2. The molecule has 0 aliphatic rings. The number of hydrogen-bond donors (Lipinski definition) is 2. The van der Waals surface area contributed by atoms with Gasteiger partial charge in [0.05, 0.1) is 34.1 Å². The third kappa shape index (κ3) is 5.37. The Hall–Kier alpha value is -4.61. The quantitative estimate of drug-likeness (QED) is 0.253. The van der Waals surface area contributed by atoms with Crippen molar-refractivity contribution in [3.63, 3.8) is 0 Å². The number of halogens is 2. The molecule has 0 spiro atoms. The number of carbonyl (C=O) groups is 1. The van der Waals surface area contributed by atoms with Gasteiger partial charge in [-0.2, -0.15) is 5.26 Å². The molecule has 36 heavy (non-hydrogen) atoms. The second-order valence-electron chi connectivity index (χ2n) is 7.48. The molecule has 1 heterocycles. The van der Waals surface area contributed by atoms with Gasteiger partial charge in [-0.25, -0.2) is 4.39 Å². The van der Waals surface area contributed by atoms with E-state index in [1.807, 2.05) is 6.92 Å². The lowest BCUT2D eigenvalue weighted by molar-refractivity contribution is -0.111. The summed E-state index contributed by atoms with van der Waals surface area (Å²) in [6, 6.07) is 16.1. The fourth-order valence-corrected chi connectivity index (χ4v) is 3.65. The Morgan fingerprint density at radius 3 is 2.64 bits per heavy atom. The highest BCUT2D eigenvalue weighted by Crippen LogP contribution is 2.38. The van der Waals surface area contributed by atoms with E-state index < -0.39 is 5.91 Å². The molecule has 4 rings (SSSR count). The maximum absolute atomic E-state index is 13.2. The van der Waals surface area contributed by atoms with Crippen LogP contribution < -0.4 is 20.1 Å². The molecular formula is C27H20ClFN4O3. The van der Waals surface area contributed by atoms with Crippen molar-refractivity contribution in [3.8, 4) is 23.3 Å². The van der Waals surface area contributed by atoms with Gasteiger partial charge in [0.25, 0.3) is 0 Å². The summed E-state index contributed by atoms with van der Waals surface area (Å²) >= 11 is 6.43. The largest absolute Gasteiger partial charge is 0.492 e. The molecule has 3 aromatic carbocycles. The van der Waals surface area contributed by atoms with Crippen molar-refractivity contribution in [2.45, 2.75) is 6.92 Å². The van der Waals surface area contributed by atoms with Gasteiger partial charge in [-0.05, 0) is 61.5 Å². The van der Waals surface area contributed by atoms with Crippen LogP contribution in [0, 0.1) is 17.1 Å². The Labute approximate surface area is 211 Å². The van der Waals surface area contributed by atoms with Gasteiger partial charge in [0.1, 0.15) is 29.1 Å². The van der Waals surface area contributed by atoms with Crippen LogP contribution in [0.3, 0.4) is 0 Å². The van der Waals surface area contributed by atoms with Gasteiger partial charge in [0.2, 0.25) is 5.91 Å². The normalized spacial score (nSPS) is 10.4. The number of aromatic nitrogens is 1. The van der Waals surface area contributed by atoms with Crippen LogP contribution in [-0.4, -0.2) is 17.5 Å². The average molecular weight is 503 g/mol. The van der Waals surface area contributed by atoms with E-state index in [0.29, 0.717) is 56.8 Å². The zero-order chi connectivity index (χ0) is 25.7. The Morgan fingerprint density at radius 1 is 1.19 bits per heavy atom. The molecule has 180 valence electrons. The molecule has 0 aliphatic carbocycles. The van der Waals surface area contributed by atoms with Crippen LogP contribution >= 0.6 is 11.6 Å². The Bertz CT molecular complexity index is 1500. The Balaban J connectivity index is 1.72. The summed E-state index contributed by atoms with van der Waals surface area (Å²) in [6.07, 6.45) is 2.61. The van der Waals surface area contributed by atoms with Crippen LogP contribution in [0.2, 0.25) is 5.02 Å². The zero-order valence-electron chi connectivity index (χ0n) is 19.1. The van der Waals surface area contributed by atoms with Crippen molar-refractivity contribution < 1.29 is 18.7 Å². The van der Waals surface area contributed by atoms with Crippen LogP contribution in [-0.2, 0) is 4.79 Å². The van der Waals surface area contributed by atoms with Gasteiger partial charge in [0, 0.05) is 23.3 Å². The van der Waals surface area contributed by atoms with Crippen molar-refractivity contribution in [1.82, 2.24) is 4.98 Å².